The molecule has 0 bridgehead atoms. The Bertz CT molecular complexity index is 674. The predicted molar refractivity (Wildman–Crippen MR) is 76.3 cm³/mol. The quantitative estimate of drug-likeness (QED) is 0.590. The summed E-state index contributed by atoms with van der Waals surface area (Å²) in [6, 6.07) is 9.31. The van der Waals surface area contributed by atoms with Crippen molar-refractivity contribution in [2.24, 2.45) is 5.10 Å². The number of hydrogen-bond donors (Lipinski definition) is 3. The maximum atomic E-state index is 10.9. The van der Waals surface area contributed by atoms with Gasteiger partial charge in [-0.05, 0) is 24.3 Å². The lowest BCUT2D eigenvalue weighted by atomic mass is 10.1. The second kappa shape index (κ2) is 6.38. The summed E-state index contributed by atoms with van der Waals surface area (Å²) in [5.41, 5.74) is 3.20. The molecule has 0 saturated carbocycles. The van der Waals surface area contributed by atoms with Crippen LogP contribution in [0, 0.1) is 0 Å². The summed E-state index contributed by atoms with van der Waals surface area (Å²) in [5.74, 6) is 0.0612. The van der Waals surface area contributed by atoms with Gasteiger partial charge in [0.1, 0.15) is 11.5 Å². The Hall–Kier alpha value is -3.09. The molecule has 0 unspecified atom stereocenters. The van der Waals surface area contributed by atoms with Crippen molar-refractivity contribution in [1.82, 2.24) is 10.7 Å². The summed E-state index contributed by atoms with van der Waals surface area (Å²) in [6.45, 7) is 0. The molecule has 1 heterocycles. The second-order valence-electron chi connectivity index (χ2n) is 4.03. The molecule has 0 fully saturated rings. The molecule has 1 aromatic heterocycles. The second-order valence-corrected chi connectivity index (χ2v) is 4.03. The first-order valence-electron chi connectivity index (χ1n) is 6.04. The summed E-state index contributed by atoms with van der Waals surface area (Å²) in [5, 5.41) is 14.9. The highest BCUT2D eigenvalue weighted by atomic mass is 16.4. The third-order valence-corrected chi connectivity index (χ3v) is 2.63. The number of carboxylic acids is 1. The molecular formula is C14H13N3O4. The van der Waals surface area contributed by atoms with E-state index in [1.54, 1.807) is 24.3 Å². The number of nitrogens with zero attached hydrogens (tertiary/aromatic N) is 1. The smallest absolute Gasteiger partial charge is 0.335 e. The zero-order valence-corrected chi connectivity index (χ0v) is 11.2. The van der Waals surface area contributed by atoms with Gasteiger partial charge in [-0.15, -0.1) is 0 Å². The van der Waals surface area contributed by atoms with Crippen LogP contribution in [0.3, 0.4) is 0 Å². The Labute approximate surface area is 120 Å². The van der Waals surface area contributed by atoms with Gasteiger partial charge in [0.05, 0.1) is 11.8 Å². The van der Waals surface area contributed by atoms with E-state index in [1.807, 2.05) is 0 Å². The molecule has 21 heavy (non-hydrogen) atoms. The van der Waals surface area contributed by atoms with Gasteiger partial charge in [-0.1, -0.05) is 12.1 Å². The number of carboxylic acid groups (broad SMARTS) is 1. The van der Waals surface area contributed by atoms with Crippen LogP contribution in [0.2, 0.25) is 0 Å². The molecule has 108 valence electrons. The minimum Gasteiger partial charge on any atom is -0.478 e. The van der Waals surface area contributed by atoms with Gasteiger partial charge < -0.3 is 14.8 Å². The largest absolute Gasteiger partial charge is 0.478 e. The average Bonchev–Trinajstić information content (AvgIpc) is 2.96. The molecule has 0 saturated heterocycles. The third-order valence-electron chi connectivity index (χ3n) is 2.63. The first-order chi connectivity index (χ1) is 10.1. The van der Waals surface area contributed by atoms with E-state index >= 15 is 0 Å². The van der Waals surface area contributed by atoms with Gasteiger partial charge in [0.2, 0.25) is 0 Å². The lowest BCUT2D eigenvalue weighted by Gasteiger charge is -1.98. The lowest BCUT2D eigenvalue weighted by molar-refractivity contribution is 0.0697. The molecule has 0 spiro atoms. The van der Waals surface area contributed by atoms with Crippen molar-refractivity contribution >= 4 is 18.2 Å². The van der Waals surface area contributed by atoms with Crippen LogP contribution < -0.4 is 10.7 Å². The zero-order valence-electron chi connectivity index (χ0n) is 11.2. The number of hydrogen-bond acceptors (Lipinski definition) is 4. The van der Waals surface area contributed by atoms with Gasteiger partial charge in [0, 0.05) is 12.6 Å². The molecule has 3 N–H and O–H groups in total. The van der Waals surface area contributed by atoms with Crippen LogP contribution in [0.15, 0.2) is 45.9 Å². The number of urea groups is 1. The number of rotatable bonds is 4. The third kappa shape index (κ3) is 3.69. The van der Waals surface area contributed by atoms with E-state index in [0.29, 0.717) is 11.5 Å². The van der Waals surface area contributed by atoms with Crippen LogP contribution in [0.5, 0.6) is 0 Å². The van der Waals surface area contributed by atoms with Crippen LogP contribution in [0.4, 0.5) is 4.79 Å². The zero-order chi connectivity index (χ0) is 15.2. The molecule has 0 atom stereocenters. The molecule has 0 aliphatic carbocycles. The predicted octanol–water partition coefficient (Wildman–Crippen LogP) is 1.91. The maximum Gasteiger partial charge on any atom is 0.335 e. The molecule has 2 rings (SSSR count). The van der Waals surface area contributed by atoms with Gasteiger partial charge in [0.25, 0.3) is 0 Å². The van der Waals surface area contributed by atoms with E-state index in [2.05, 4.69) is 15.8 Å². The number of benzene rings is 1. The van der Waals surface area contributed by atoms with Crippen molar-refractivity contribution in [3.63, 3.8) is 0 Å². The number of aromatic carboxylic acids is 1. The van der Waals surface area contributed by atoms with Crippen molar-refractivity contribution < 1.29 is 19.1 Å². The standard InChI is InChI=1S/C14H13N3O4/c1-15-14(20)17-16-8-11-6-7-12(21-11)9-2-4-10(5-3-9)13(18)19/h2-8H,1H3,(H,18,19)(H2,15,17,20). The Morgan fingerprint density at radius 3 is 2.52 bits per heavy atom. The number of carbonyl (C=O) groups excluding carboxylic acids is 1. The number of hydrazone groups is 1. The van der Waals surface area contributed by atoms with Gasteiger partial charge in [-0.25, -0.2) is 15.0 Å². The summed E-state index contributed by atoms with van der Waals surface area (Å²) >= 11 is 0. The molecule has 7 heteroatoms. The van der Waals surface area contributed by atoms with Crippen LogP contribution in [0.25, 0.3) is 11.3 Å². The van der Waals surface area contributed by atoms with E-state index in [0.717, 1.165) is 5.56 Å². The first kappa shape index (κ1) is 14.3. The summed E-state index contributed by atoms with van der Waals surface area (Å²) < 4.78 is 5.52. The highest BCUT2D eigenvalue weighted by Crippen LogP contribution is 2.21. The number of nitrogens with one attached hydrogen (secondary N) is 2. The number of amides is 2. The Kier molecular flexibility index (Phi) is 4.35. The van der Waals surface area contributed by atoms with Crippen LogP contribution in [-0.2, 0) is 0 Å². The fourth-order valence-corrected chi connectivity index (χ4v) is 1.56. The molecule has 2 amide bonds. The molecule has 2 aromatic rings. The minimum atomic E-state index is -0.978. The van der Waals surface area contributed by atoms with Crippen molar-refractivity contribution in [3.8, 4) is 11.3 Å². The van der Waals surface area contributed by atoms with Crippen molar-refractivity contribution in [1.29, 1.82) is 0 Å². The summed E-state index contributed by atoms with van der Waals surface area (Å²) in [6.07, 6.45) is 1.37. The minimum absolute atomic E-state index is 0.210. The van der Waals surface area contributed by atoms with Crippen LogP contribution in [0.1, 0.15) is 16.1 Å². The summed E-state index contributed by atoms with van der Waals surface area (Å²) in [4.78, 5) is 21.7. The van der Waals surface area contributed by atoms with E-state index in [-0.39, 0.29) is 5.56 Å². The van der Waals surface area contributed by atoms with Gasteiger partial charge in [0.15, 0.2) is 0 Å². The van der Waals surface area contributed by atoms with Crippen molar-refractivity contribution in [2.75, 3.05) is 7.05 Å². The molecule has 0 aliphatic rings. The van der Waals surface area contributed by atoms with E-state index in [1.165, 1.54) is 25.4 Å². The van der Waals surface area contributed by atoms with E-state index in [4.69, 9.17) is 9.52 Å². The molecule has 7 nitrogen and oxygen atoms in total. The van der Waals surface area contributed by atoms with Crippen molar-refractivity contribution in [3.05, 3.63) is 47.7 Å². The fraction of sp³-hybridized carbons (Fsp3) is 0.0714. The monoisotopic (exact) mass is 287 g/mol. The number of carbonyl (C=O) groups is 2. The topological polar surface area (TPSA) is 104 Å². The van der Waals surface area contributed by atoms with E-state index in [9.17, 15) is 9.59 Å². The Morgan fingerprint density at radius 2 is 1.90 bits per heavy atom. The lowest BCUT2D eigenvalue weighted by Crippen LogP contribution is -2.28. The highest BCUT2D eigenvalue weighted by Gasteiger charge is 2.06. The molecule has 0 aliphatic heterocycles. The maximum absolute atomic E-state index is 10.9. The fourth-order valence-electron chi connectivity index (χ4n) is 1.56. The highest BCUT2D eigenvalue weighted by molar-refractivity contribution is 5.88. The van der Waals surface area contributed by atoms with Crippen LogP contribution in [-0.4, -0.2) is 30.4 Å². The van der Waals surface area contributed by atoms with Gasteiger partial charge >= 0.3 is 12.0 Å². The van der Waals surface area contributed by atoms with E-state index < -0.39 is 12.0 Å². The van der Waals surface area contributed by atoms with Gasteiger partial charge in [-0.3, -0.25) is 0 Å². The normalized spacial score (nSPS) is 10.5. The van der Waals surface area contributed by atoms with Gasteiger partial charge in [-0.2, -0.15) is 5.10 Å². The summed E-state index contributed by atoms with van der Waals surface area (Å²) in [7, 11) is 1.48. The van der Waals surface area contributed by atoms with Crippen LogP contribution >= 0.6 is 0 Å². The molecule has 0 radical (unpaired) electrons. The average molecular weight is 287 g/mol. The Morgan fingerprint density at radius 1 is 1.19 bits per heavy atom. The molecular weight excluding hydrogens is 274 g/mol. The number of furan rings is 1. The SMILES string of the molecule is CNC(=O)NN=Cc1ccc(-c2ccc(C(=O)O)cc2)o1. The van der Waals surface area contributed by atoms with Crippen molar-refractivity contribution in [2.45, 2.75) is 0 Å². The first-order valence-corrected chi connectivity index (χ1v) is 6.04. The Balaban J connectivity index is 2.09. The molecule has 1 aromatic carbocycles.